The summed E-state index contributed by atoms with van der Waals surface area (Å²) < 4.78 is 13.2. The summed E-state index contributed by atoms with van der Waals surface area (Å²) >= 11 is 0. The second kappa shape index (κ2) is 5.34. The second-order valence-electron chi connectivity index (χ2n) is 4.53. The number of rotatable bonds is 3. The van der Waals surface area contributed by atoms with E-state index in [9.17, 15) is 4.39 Å². The molecule has 0 fully saturated rings. The van der Waals surface area contributed by atoms with Gasteiger partial charge in [0.2, 0.25) is 0 Å². The van der Waals surface area contributed by atoms with Crippen LogP contribution in [0.1, 0.15) is 23.7 Å². The van der Waals surface area contributed by atoms with E-state index in [4.69, 9.17) is 0 Å². The van der Waals surface area contributed by atoms with Gasteiger partial charge >= 0.3 is 0 Å². The number of hydrogen-bond acceptors (Lipinski definition) is 3. The van der Waals surface area contributed by atoms with Crippen LogP contribution >= 0.6 is 0 Å². The number of nitrogens with one attached hydrogen (secondary N) is 1. The minimum absolute atomic E-state index is 0.238. The molecule has 100 valence electrons. The zero-order valence-electron chi connectivity index (χ0n) is 11.7. The standard InChI is InChI=1S/C15H18FN3/c1-5-13-10(3)14(17-4)19-15(18-13)12-7-6-11(16)8-9(12)2/h6-8H,5H2,1-4H3,(H,17,18,19). The van der Waals surface area contributed by atoms with Crippen molar-refractivity contribution in [3.05, 3.63) is 40.8 Å². The molecule has 19 heavy (non-hydrogen) atoms. The summed E-state index contributed by atoms with van der Waals surface area (Å²) in [5, 5.41) is 3.09. The molecular weight excluding hydrogens is 241 g/mol. The molecule has 3 nitrogen and oxygen atoms in total. The maximum absolute atomic E-state index is 13.2. The van der Waals surface area contributed by atoms with Crippen LogP contribution in [0.2, 0.25) is 0 Å². The predicted molar refractivity (Wildman–Crippen MR) is 75.8 cm³/mol. The van der Waals surface area contributed by atoms with E-state index in [2.05, 4.69) is 22.2 Å². The molecule has 4 heteroatoms. The van der Waals surface area contributed by atoms with Crippen LogP contribution in [0.15, 0.2) is 18.2 Å². The Balaban J connectivity index is 2.62. The van der Waals surface area contributed by atoms with Crippen LogP contribution < -0.4 is 5.32 Å². The van der Waals surface area contributed by atoms with Crippen molar-refractivity contribution in [2.24, 2.45) is 0 Å². The molecule has 0 atom stereocenters. The average Bonchev–Trinajstić information content (AvgIpc) is 2.39. The molecular formula is C15H18FN3. The summed E-state index contributed by atoms with van der Waals surface area (Å²) in [6.07, 6.45) is 0.844. The van der Waals surface area contributed by atoms with E-state index < -0.39 is 0 Å². The van der Waals surface area contributed by atoms with E-state index in [-0.39, 0.29) is 5.82 Å². The van der Waals surface area contributed by atoms with E-state index in [0.29, 0.717) is 5.82 Å². The lowest BCUT2D eigenvalue weighted by atomic mass is 10.1. The lowest BCUT2D eigenvalue weighted by Gasteiger charge is -2.12. The molecule has 0 saturated carbocycles. The van der Waals surface area contributed by atoms with Gasteiger partial charge < -0.3 is 5.32 Å². The number of anilines is 1. The molecule has 0 unspecified atom stereocenters. The third-order valence-corrected chi connectivity index (χ3v) is 3.25. The minimum Gasteiger partial charge on any atom is -0.373 e. The highest BCUT2D eigenvalue weighted by Crippen LogP contribution is 2.25. The van der Waals surface area contributed by atoms with Gasteiger partial charge in [-0.25, -0.2) is 14.4 Å². The molecule has 1 heterocycles. The SMILES string of the molecule is CCc1nc(-c2ccc(F)cc2C)nc(NC)c1C. The Labute approximate surface area is 112 Å². The summed E-state index contributed by atoms with van der Waals surface area (Å²) in [5.41, 5.74) is 3.78. The van der Waals surface area contributed by atoms with Gasteiger partial charge in [-0.3, -0.25) is 0 Å². The van der Waals surface area contributed by atoms with Crippen LogP contribution in [-0.2, 0) is 6.42 Å². The maximum atomic E-state index is 13.2. The van der Waals surface area contributed by atoms with E-state index >= 15 is 0 Å². The topological polar surface area (TPSA) is 37.8 Å². The van der Waals surface area contributed by atoms with Crippen molar-refractivity contribution in [1.29, 1.82) is 0 Å². The molecule has 0 aliphatic rings. The van der Waals surface area contributed by atoms with Gasteiger partial charge in [-0.15, -0.1) is 0 Å². The number of aryl methyl sites for hydroxylation is 2. The maximum Gasteiger partial charge on any atom is 0.162 e. The molecule has 2 aromatic rings. The van der Waals surface area contributed by atoms with Crippen molar-refractivity contribution in [1.82, 2.24) is 9.97 Å². The molecule has 0 spiro atoms. The number of benzene rings is 1. The van der Waals surface area contributed by atoms with Crippen molar-refractivity contribution in [3.63, 3.8) is 0 Å². The molecule has 0 aliphatic heterocycles. The first-order valence-electron chi connectivity index (χ1n) is 6.38. The third-order valence-electron chi connectivity index (χ3n) is 3.25. The molecule has 0 aliphatic carbocycles. The van der Waals surface area contributed by atoms with Crippen molar-refractivity contribution < 1.29 is 4.39 Å². The second-order valence-corrected chi connectivity index (χ2v) is 4.53. The Morgan fingerprint density at radius 3 is 2.53 bits per heavy atom. The van der Waals surface area contributed by atoms with Crippen molar-refractivity contribution in [2.45, 2.75) is 27.2 Å². The minimum atomic E-state index is -0.238. The number of aromatic nitrogens is 2. The zero-order chi connectivity index (χ0) is 14.0. The van der Waals surface area contributed by atoms with Gasteiger partial charge in [0.15, 0.2) is 5.82 Å². The third kappa shape index (κ3) is 2.57. The van der Waals surface area contributed by atoms with Crippen molar-refractivity contribution in [2.75, 3.05) is 12.4 Å². The molecule has 1 aromatic carbocycles. The zero-order valence-corrected chi connectivity index (χ0v) is 11.7. The summed E-state index contributed by atoms with van der Waals surface area (Å²) in [4.78, 5) is 9.10. The predicted octanol–water partition coefficient (Wildman–Crippen LogP) is 3.50. The van der Waals surface area contributed by atoms with Gasteiger partial charge in [0.05, 0.1) is 0 Å². The van der Waals surface area contributed by atoms with Crippen LogP contribution in [0.25, 0.3) is 11.4 Å². The molecule has 0 amide bonds. The first-order chi connectivity index (χ1) is 9.06. The largest absolute Gasteiger partial charge is 0.373 e. The Kier molecular flexibility index (Phi) is 3.79. The van der Waals surface area contributed by atoms with Crippen molar-refractivity contribution >= 4 is 5.82 Å². The molecule has 0 bridgehead atoms. The highest BCUT2D eigenvalue weighted by molar-refractivity contribution is 5.63. The summed E-state index contributed by atoms with van der Waals surface area (Å²) in [7, 11) is 1.84. The lowest BCUT2D eigenvalue weighted by Crippen LogP contribution is -2.05. The average molecular weight is 259 g/mol. The van der Waals surface area contributed by atoms with Crippen LogP contribution in [0.4, 0.5) is 10.2 Å². The molecule has 1 N–H and O–H groups in total. The Morgan fingerprint density at radius 1 is 1.21 bits per heavy atom. The summed E-state index contributed by atoms with van der Waals surface area (Å²) in [6, 6.07) is 4.67. The molecule has 0 radical (unpaired) electrons. The smallest absolute Gasteiger partial charge is 0.162 e. The lowest BCUT2D eigenvalue weighted by molar-refractivity contribution is 0.627. The summed E-state index contributed by atoms with van der Waals surface area (Å²) in [6.45, 7) is 5.94. The quantitative estimate of drug-likeness (QED) is 0.916. The van der Waals surface area contributed by atoms with Crippen LogP contribution in [-0.4, -0.2) is 17.0 Å². The van der Waals surface area contributed by atoms with Gasteiger partial charge in [-0.1, -0.05) is 6.92 Å². The van der Waals surface area contributed by atoms with Crippen LogP contribution in [0, 0.1) is 19.7 Å². The monoisotopic (exact) mass is 259 g/mol. The van der Waals surface area contributed by atoms with Gasteiger partial charge in [-0.2, -0.15) is 0 Å². The van der Waals surface area contributed by atoms with E-state index in [0.717, 1.165) is 34.6 Å². The van der Waals surface area contributed by atoms with E-state index in [1.165, 1.54) is 12.1 Å². The number of hydrogen-bond donors (Lipinski definition) is 1. The van der Waals surface area contributed by atoms with Gasteiger partial charge in [0, 0.05) is 23.9 Å². The van der Waals surface area contributed by atoms with Crippen LogP contribution in [0.3, 0.4) is 0 Å². The fourth-order valence-corrected chi connectivity index (χ4v) is 2.15. The first kappa shape index (κ1) is 13.5. The Bertz CT molecular complexity index is 583. The van der Waals surface area contributed by atoms with Gasteiger partial charge in [0.25, 0.3) is 0 Å². The highest BCUT2D eigenvalue weighted by atomic mass is 19.1. The molecule has 0 saturated heterocycles. The van der Waals surface area contributed by atoms with Crippen LogP contribution in [0.5, 0.6) is 0 Å². The number of halogens is 1. The summed E-state index contributed by atoms with van der Waals surface area (Å²) in [5.74, 6) is 1.23. The Morgan fingerprint density at radius 2 is 1.95 bits per heavy atom. The Hall–Kier alpha value is -1.97. The van der Waals surface area contributed by atoms with Gasteiger partial charge in [-0.05, 0) is 44.0 Å². The van der Waals surface area contributed by atoms with E-state index in [1.54, 1.807) is 6.07 Å². The van der Waals surface area contributed by atoms with E-state index in [1.807, 2.05) is 20.9 Å². The van der Waals surface area contributed by atoms with Gasteiger partial charge in [0.1, 0.15) is 11.6 Å². The first-order valence-corrected chi connectivity index (χ1v) is 6.38. The fraction of sp³-hybridized carbons (Fsp3) is 0.333. The number of nitrogens with zero attached hydrogens (tertiary/aromatic N) is 2. The highest BCUT2D eigenvalue weighted by Gasteiger charge is 2.12. The normalized spacial score (nSPS) is 10.6. The van der Waals surface area contributed by atoms with Crippen molar-refractivity contribution in [3.8, 4) is 11.4 Å². The molecule has 2 rings (SSSR count). The fourth-order valence-electron chi connectivity index (χ4n) is 2.15. The molecule has 1 aromatic heterocycles.